The van der Waals surface area contributed by atoms with Gasteiger partial charge in [-0.2, -0.15) is 0 Å². The predicted molar refractivity (Wildman–Crippen MR) is 58.9 cm³/mol. The molecule has 76 valence electrons. The van der Waals surface area contributed by atoms with Crippen LogP contribution in [0, 0.1) is 0 Å². The number of hydrogen-bond acceptors (Lipinski definition) is 2. The Morgan fingerprint density at radius 2 is 2.00 bits per heavy atom. The van der Waals surface area contributed by atoms with Crippen molar-refractivity contribution >= 4 is 17.4 Å². The zero-order valence-electron chi connectivity index (χ0n) is 8.38. The molecule has 0 aliphatic rings. The number of carbonyl (C=O) groups excluding carboxylic acids is 1. The van der Waals surface area contributed by atoms with Crippen LogP contribution in [0.3, 0.4) is 0 Å². The van der Waals surface area contributed by atoms with Crippen molar-refractivity contribution in [2.45, 2.75) is 19.9 Å². The highest BCUT2D eigenvalue weighted by Gasteiger charge is 2.12. The van der Waals surface area contributed by atoms with Crippen LogP contribution in [-0.2, 0) is 0 Å². The highest BCUT2D eigenvalue weighted by molar-refractivity contribution is 6.30. The van der Waals surface area contributed by atoms with Gasteiger partial charge in [0.05, 0.1) is 6.04 Å². The lowest BCUT2D eigenvalue weighted by Crippen LogP contribution is -2.33. The Morgan fingerprint density at radius 3 is 2.50 bits per heavy atom. The van der Waals surface area contributed by atoms with Crippen LogP contribution < -0.4 is 5.32 Å². The van der Waals surface area contributed by atoms with Crippen LogP contribution >= 0.6 is 11.6 Å². The zero-order valence-corrected chi connectivity index (χ0v) is 9.14. The van der Waals surface area contributed by atoms with E-state index in [0.29, 0.717) is 10.6 Å². The number of hydrogen-bond donors (Lipinski definition) is 1. The van der Waals surface area contributed by atoms with Gasteiger partial charge in [-0.05, 0) is 37.7 Å². The molecule has 1 aromatic rings. The summed E-state index contributed by atoms with van der Waals surface area (Å²) in [4.78, 5) is 11.7. The molecule has 1 N–H and O–H groups in total. The average Bonchev–Trinajstić information content (AvgIpc) is 2.18. The smallest absolute Gasteiger partial charge is 0.179 e. The van der Waals surface area contributed by atoms with Crippen molar-refractivity contribution in [2.75, 3.05) is 6.54 Å². The van der Waals surface area contributed by atoms with Gasteiger partial charge in [-0.3, -0.25) is 4.79 Å². The number of halogens is 1. The highest BCUT2D eigenvalue weighted by atomic mass is 35.5. The molecular formula is C11H14ClNO. The van der Waals surface area contributed by atoms with Crippen molar-refractivity contribution < 1.29 is 4.79 Å². The zero-order chi connectivity index (χ0) is 10.6. The summed E-state index contributed by atoms with van der Waals surface area (Å²) >= 11 is 5.73. The van der Waals surface area contributed by atoms with E-state index in [-0.39, 0.29) is 11.8 Å². The van der Waals surface area contributed by atoms with Crippen LogP contribution in [0.15, 0.2) is 24.3 Å². The fourth-order valence-corrected chi connectivity index (χ4v) is 1.39. The van der Waals surface area contributed by atoms with E-state index in [9.17, 15) is 4.79 Å². The second-order valence-electron chi connectivity index (χ2n) is 3.15. The van der Waals surface area contributed by atoms with Gasteiger partial charge in [0.15, 0.2) is 5.78 Å². The van der Waals surface area contributed by atoms with Crippen molar-refractivity contribution in [1.29, 1.82) is 0 Å². The summed E-state index contributed by atoms with van der Waals surface area (Å²) in [5.41, 5.74) is 0.697. The predicted octanol–water partition coefficient (Wildman–Crippen LogP) is 2.52. The van der Waals surface area contributed by atoms with E-state index in [1.165, 1.54) is 0 Å². The van der Waals surface area contributed by atoms with E-state index in [4.69, 9.17) is 11.6 Å². The first kappa shape index (κ1) is 11.2. The summed E-state index contributed by atoms with van der Waals surface area (Å²) in [6.45, 7) is 4.63. The molecule has 0 aliphatic heterocycles. The molecule has 3 heteroatoms. The molecule has 14 heavy (non-hydrogen) atoms. The summed E-state index contributed by atoms with van der Waals surface area (Å²) in [5.74, 6) is 0.100. The number of Topliss-reactive ketones (excluding diaryl/α,β-unsaturated/α-hetero) is 1. The molecule has 0 fully saturated rings. The van der Waals surface area contributed by atoms with Gasteiger partial charge >= 0.3 is 0 Å². The van der Waals surface area contributed by atoms with Crippen LogP contribution in [0.5, 0.6) is 0 Å². The van der Waals surface area contributed by atoms with Gasteiger partial charge in [-0.25, -0.2) is 0 Å². The molecule has 0 aromatic heterocycles. The number of ketones is 1. The van der Waals surface area contributed by atoms with Gasteiger partial charge in [0.1, 0.15) is 0 Å². The largest absolute Gasteiger partial charge is 0.308 e. The first-order valence-electron chi connectivity index (χ1n) is 4.68. The number of benzene rings is 1. The third-order valence-corrected chi connectivity index (χ3v) is 2.28. The SMILES string of the molecule is CCN[C@@H](C)C(=O)c1ccc(Cl)cc1. The Hall–Kier alpha value is -0.860. The molecule has 0 spiro atoms. The molecule has 1 atom stereocenters. The quantitative estimate of drug-likeness (QED) is 0.776. The maximum absolute atomic E-state index is 11.7. The summed E-state index contributed by atoms with van der Waals surface area (Å²) in [6, 6.07) is 6.82. The van der Waals surface area contributed by atoms with Crippen LogP contribution in [0.1, 0.15) is 24.2 Å². The molecule has 0 unspecified atom stereocenters. The third kappa shape index (κ3) is 2.82. The van der Waals surface area contributed by atoms with Crippen molar-refractivity contribution in [3.8, 4) is 0 Å². The summed E-state index contributed by atoms with van der Waals surface area (Å²) in [6.07, 6.45) is 0. The van der Waals surface area contributed by atoms with Crippen LogP contribution in [0.4, 0.5) is 0 Å². The average molecular weight is 212 g/mol. The molecule has 0 bridgehead atoms. The Bertz CT molecular complexity index is 308. The Morgan fingerprint density at radius 1 is 1.43 bits per heavy atom. The van der Waals surface area contributed by atoms with E-state index in [2.05, 4.69) is 5.32 Å². The van der Waals surface area contributed by atoms with Gasteiger partial charge in [0, 0.05) is 10.6 Å². The lowest BCUT2D eigenvalue weighted by Gasteiger charge is -2.10. The van der Waals surface area contributed by atoms with Gasteiger partial charge in [-0.15, -0.1) is 0 Å². The maximum Gasteiger partial charge on any atom is 0.179 e. The lowest BCUT2D eigenvalue weighted by molar-refractivity contribution is 0.0952. The molecular weight excluding hydrogens is 198 g/mol. The Labute approximate surface area is 89.3 Å². The molecule has 1 rings (SSSR count). The van der Waals surface area contributed by atoms with Gasteiger partial charge in [0.2, 0.25) is 0 Å². The Balaban J connectivity index is 2.74. The molecule has 0 radical (unpaired) electrons. The number of rotatable bonds is 4. The minimum Gasteiger partial charge on any atom is -0.308 e. The summed E-state index contributed by atoms with van der Waals surface area (Å²) < 4.78 is 0. The molecule has 1 aromatic carbocycles. The normalized spacial score (nSPS) is 12.5. The Kier molecular flexibility index (Phi) is 4.11. The molecule has 0 aliphatic carbocycles. The standard InChI is InChI=1S/C11H14ClNO/c1-3-13-8(2)11(14)9-4-6-10(12)7-5-9/h4-8,13H,3H2,1-2H3/t8-/m0/s1. The number of likely N-dealkylation sites (N-methyl/N-ethyl adjacent to an activating group) is 1. The second-order valence-corrected chi connectivity index (χ2v) is 3.59. The monoisotopic (exact) mass is 211 g/mol. The first-order chi connectivity index (χ1) is 6.65. The summed E-state index contributed by atoms with van der Waals surface area (Å²) in [7, 11) is 0. The van der Waals surface area contributed by atoms with Gasteiger partial charge in [-0.1, -0.05) is 18.5 Å². The molecule has 2 nitrogen and oxygen atoms in total. The van der Waals surface area contributed by atoms with Crippen LogP contribution in [-0.4, -0.2) is 18.4 Å². The molecule has 0 saturated heterocycles. The van der Waals surface area contributed by atoms with E-state index < -0.39 is 0 Å². The van der Waals surface area contributed by atoms with Gasteiger partial charge < -0.3 is 5.32 Å². The fraction of sp³-hybridized carbons (Fsp3) is 0.364. The third-order valence-electron chi connectivity index (χ3n) is 2.03. The lowest BCUT2D eigenvalue weighted by atomic mass is 10.1. The topological polar surface area (TPSA) is 29.1 Å². The van der Waals surface area contributed by atoms with E-state index in [1.807, 2.05) is 13.8 Å². The molecule has 0 saturated carbocycles. The van der Waals surface area contributed by atoms with E-state index in [0.717, 1.165) is 6.54 Å². The van der Waals surface area contributed by atoms with Crippen LogP contribution in [0.2, 0.25) is 5.02 Å². The molecule has 0 heterocycles. The van der Waals surface area contributed by atoms with E-state index >= 15 is 0 Å². The van der Waals surface area contributed by atoms with Crippen molar-refractivity contribution in [3.05, 3.63) is 34.9 Å². The minimum absolute atomic E-state index is 0.100. The van der Waals surface area contributed by atoms with Crippen molar-refractivity contribution in [3.63, 3.8) is 0 Å². The van der Waals surface area contributed by atoms with E-state index in [1.54, 1.807) is 24.3 Å². The fourth-order valence-electron chi connectivity index (χ4n) is 1.26. The van der Waals surface area contributed by atoms with Crippen molar-refractivity contribution in [2.24, 2.45) is 0 Å². The second kappa shape index (κ2) is 5.13. The van der Waals surface area contributed by atoms with Crippen molar-refractivity contribution in [1.82, 2.24) is 5.32 Å². The number of nitrogens with one attached hydrogen (secondary N) is 1. The molecule has 0 amide bonds. The maximum atomic E-state index is 11.7. The summed E-state index contributed by atoms with van der Waals surface area (Å²) in [5, 5.41) is 3.73. The first-order valence-corrected chi connectivity index (χ1v) is 5.06. The highest BCUT2D eigenvalue weighted by Crippen LogP contribution is 2.11. The number of carbonyl (C=O) groups is 1. The van der Waals surface area contributed by atoms with Gasteiger partial charge in [0.25, 0.3) is 0 Å². The van der Waals surface area contributed by atoms with Crippen LogP contribution in [0.25, 0.3) is 0 Å². The minimum atomic E-state index is -0.138.